The summed E-state index contributed by atoms with van der Waals surface area (Å²) < 4.78 is 0. The van der Waals surface area contributed by atoms with Gasteiger partial charge in [-0.2, -0.15) is 0 Å². The van der Waals surface area contributed by atoms with E-state index in [1.165, 1.54) is 112 Å². The average Bonchev–Trinajstić information content (AvgIpc) is 3.27. The Morgan fingerprint density at radius 3 is 0.790 bits per heavy atom. The fraction of sp³-hybridized carbons (Fsp3) is 0.200. The van der Waals surface area contributed by atoms with Gasteiger partial charge in [0.15, 0.2) is 0 Å². The third-order valence-electron chi connectivity index (χ3n) is 13.4. The molecule has 0 N–H and O–H groups in total. The quantitative estimate of drug-likeness (QED) is 0.143. The standard InChI is InChI=1S/C60H60N2/c1-37-19-23-49(24-20-37)51-27-31-53(32-28-51)61(55-17-13-15-39(3)35-55)59-45(9)41(5)57(42(6)46(59)10)58-43(7)47(11)60(48(12)44(58)8)62(56-18-14-16-40(4)36-56)54-33-29-52(30-34-54)50-25-21-38(2)22-26-50/h13-36H,1-12H3. The second-order valence-electron chi connectivity index (χ2n) is 17.6. The number of hydrogen-bond acceptors (Lipinski definition) is 2. The highest BCUT2D eigenvalue weighted by atomic mass is 15.2. The molecule has 8 rings (SSSR count). The summed E-state index contributed by atoms with van der Waals surface area (Å²) in [5.41, 5.74) is 30.2. The van der Waals surface area contributed by atoms with Crippen LogP contribution in [0.2, 0.25) is 0 Å². The third kappa shape index (κ3) is 7.75. The molecule has 0 heterocycles. The second kappa shape index (κ2) is 17.0. The summed E-state index contributed by atoms with van der Waals surface area (Å²) >= 11 is 0. The van der Waals surface area contributed by atoms with Crippen molar-refractivity contribution in [2.75, 3.05) is 9.80 Å². The Balaban J connectivity index is 1.27. The first kappa shape index (κ1) is 42.1. The highest BCUT2D eigenvalue weighted by Gasteiger charge is 2.28. The Hall–Kier alpha value is -6.64. The van der Waals surface area contributed by atoms with Gasteiger partial charge in [-0.1, -0.05) is 108 Å². The molecule has 0 aromatic heterocycles. The van der Waals surface area contributed by atoms with Gasteiger partial charge in [-0.05, 0) is 221 Å². The predicted octanol–water partition coefficient (Wildman–Crippen LogP) is 17.3. The predicted molar refractivity (Wildman–Crippen MR) is 269 cm³/mol. The zero-order valence-corrected chi connectivity index (χ0v) is 38.8. The lowest BCUT2D eigenvalue weighted by Crippen LogP contribution is -2.17. The van der Waals surface area contributed by atoms with E-state index in [0.29, 0.717) is 0 Å². The molecular weight excluding hydrogens is 749 g/mol. The van der Waals surface area contributed by atoms with E-state index in [1.807, 2.05) is 0 Å². The lowest BCUT2D eigenvalue weighted by atomic mass is 9.81. The van der Waals surface area contributed by atoms with E-state index in [1.54, 1.807) is 0 Å². The van der Waals surface area contributed by atoms with E-state index in [-0.39, 0.29) is 0 Å². The van der Waals surface area contributed by atoms with Crippen molar-refractivity contribution in [3.63, 3.8) is 0 Å². The molecule has 2 heteroatoms. The molecule has 0 radical (unpaired) electrons. The Morgan fingerprint density at radius 1 is 0.242 bits per heavy atom. The Labute approximate surface area is 371 Å². The number of aryl methyl sites for hydroxylation is 4. The highest BCUT2D eigenvalue weighted by molar-refractivity contribution is 5.92. The van der Waals surface area contributed by atoms with Gasteiger partial charge >= 0.3 is 0 Å². The van der Waals surface area contributed by atoms with Gasteiger partial charge in [0.25, 0.3) is 0 Å². The van der Waals surface area contributed by atoms with Crippen LogP contribution in [0.25, 0.3) is 33.4 Å². The van der Waals surface area contributed by atoms with E-state index in [4.69, 9.17) is 0 Å². The highest BCUT2D eigenvalue weighted by Crippen LogP contribution is 2.50. The SMILES string of the molecule is Cc1ccc(-c2ccc(N(c3cccc(C)c3)c3c(C)c(C)c(-c4c(C)c(C)c(N(c5ccc(-c6ccc(C)cc6)cc5)c5cccc(C)c5)c(C)c4C)c(C)c3C)cc2)cc1. The van der Waals surface area contributed by atoms with Gasteiger partial charge in [-0.25, -0.2) is 0 Å². The van der Waals surface area contributed by atoms with Crippen molar-refractivity contribution in [1.82, 2.24) is 0 Å². The molecular formula is C60H60N2. The van der Waals surface area contributed by atoms with E-state index in [9.17, 15) is 0 Å². The van der Waals surface area contributed by atoms with Crippen LogP contribution in [0.5, 0.6) is 0 Å². The molecule has 0 amide bonds. The summed E-state index contributed by atoms with van der Waals surface area (Å²) in [5, 5.41) is 0. The molecule has 0 aliphatic rings. The van der Waals surface area contributed by atoms with E-state index in [2.05, 4.69) is 238 Å². The number of nitrogens with zero attached hydrogens (tertiary/aromatic N) is 2. The molecule has 2 nitrogen and oxygen atoms in total. The summed E-state index contributed by atoms with van der Waals surface area (Å²) in [5.74, 6) is 0. The molecule has 310 valence electrons. The monoisotopic (exact) mass is 808 g/mol. The molecule has 8 aromatic rings. The first-order valence-electron chi connectivity index (χ1n) is 22.0. The average molecular weight is 809 g/mol. The van der Waals surface area contributed by atoms with Gasteiger partial charge in [0.1, 0.15) is 0 Å². The zero-order chi connectivity index (χ0) is 44.0. The van der Waals surface area contributed by atoms with Gasteiger partial charge in [0, 0.05) is 22.7 Å². The third-order valence-corrected chi connectivity index (χ3v) is 13.4. The van der Waals surface area contributed by atoms with Crippen LogP contribution < -0.4 is 9.80 Å². The van der Waals surface area contributed by atoms with Gasteiger partial charge in [-0.3, -0.25) is 0 Å². The largest absolute Gasteiger partial charge is 0.310 e. The summed E-state index contributed by atoms with van der Waals surface area (Å²) in [7, 11) is 0. The van der Waals surface area contributed by atoms with Crippen LogP contribution in [0.4, 0.5) is 34.1 Å². The summed E-state index contributed by atoms with van der Waals surface area (Å²) in [6.45, 7) is 27.3. The van der Waals surface area contributed by atoms with Crippen LogP contribution >= 0.6 is 0 Å². The maximum absolute atomic E-state index is 2.48. The Bertz CT molecular complexity index is 2670. The number of benzene rings is 8. The molecule has 0 saturated carbocycles. The van der Waals surface area contributed by atoms with Crippen molar-refractivity contribution in [3.8, 4) is 33.4 Å². The fourth-order valence-corrected chi connectivity index (χ4v) is 9.45. The van der Waals surface area contributed by atoms with Crippen molar-refractivity contribution in [3.05, 3.63) is 212 Å². The van der Waals surface area contributed by atoms with Gasteiger partial charge in [0.05, 0.1) is 11.4 Å². The van der Waals surface area contributed by atoms with Gasteiger partial charge in [-0.15, -0.1) is 0 Å². The van der Waals surface area contributed by atoms with E-state index in [0.717, 1.165) is 22.7 Å². The minimum Gasteiger partial charge on any atom is -0.310 e. The molecule has 0 spiro atoms. The first-order valence-corrected chi connectivity index (χ1v) is 22.0. The molecule has 0 fully saturated rings. The fourth-order valence-electron chi connectivity index (χ4n) is 9.45. The van der Waals surface area contributed by atoms with Crippen LogP contribution in [0.15, 0.2) is 146 Å². The molecule has 0 bridgehead atoms. The molecule has 0 atom stereocenters. The zero-order valence-electron chi connectivity index (χ0n) is 38.8. The maximum Gasteiger partial charge on any atom is 0.0525 e. The number of anilines is 6. The lowest BCUT2D eigenvalue weighted by Gasteiger charge is -2.34. The number of hydrogen-bond donors (Lipinski definition) is 0. The van der Waals surface area contributed by atoms with Crippen LogP contribution in [-0.4, -0.2) is 0 Å². The van der Waals surface area contributed by atoms with E-state index >= 15 is 0 Å². The first-order chi connectivity index (χ1) is 29.7. The summed E-state index contributed by atoms with van der Waals surface area (Å²) in [6, 6.07) is 53.6. The van der Waals surface area contributed by atoms with Crippen molar-refractivity contribution in [2.24, 2.45) is 0 Å². The van der Waals surface area contributed by atoms with Crippen LogP contribution in [0.1, 0.15) is 66.8 Å². The van der Waals surface area contributed by atoms with Gasteiger partial charge < -0.3 is 9.80 Å². The molecule has 0 aliphatic carbocycles. The van der Waals surface area contributed by atoms with Crippen LogP contribution in [-0.2, 0) is 0 Å². The molecule has 0 aliphatic heterocycles. The normalized spacial score (nSPS) is 11.2. The van der Waals surface area contributed by atoms with Crippen LogP contribution in [0.3, 0.4) is 0 Å². The minimum atomic E-state index is 1.15. The molecule has 0 saturated heterocycles. The van der Waals surface area contributed by atoms with Crippen LogP contribution in [0, 0.1) is 83.1 Å². The Kier molecular flexibility index (Phi) is 11.5. The smallest absolute Gasteiger partial charge is 0.0525 e. The lowest BCUT2D eigenvalue weighted by molar-refractivity contribution is 1.14. The summed E-state index contributed by atoms with van der Waals surface area (Å²) in [6.07, 6.45) is 0. The van der Waals surface area contributed by atoms with Crippen molar-refractivity contribution < 1.29 is 0 Å². The Morgan fingerprint density at radius 2 is 0.516 bits per heavy atom. The van der Waals surface area contributed by atoms with Gasteiger partial charge in [0.2, 0.25) is 0 Å². The maximum atomic E-state index is 2.48. The molecule has 62 heavy (non-hydrogen) atoms. The van der Waals surface area contributed by atoms with E-state index < -0.39 is 0 Å². The van der Waals surface area contributed by atoms with Crippen molar-refractivity contribution >= 4 is 34.1 Å². The molecule has 8 aromatic carbocycles. The molecule has 0 unspecified atom stereocenters. The minimum absolute atomic E-state index is 1.15. The number of rotatable bonds is 9. The van der Waals surface area contributed by atoms with Crippen molar-refractivity contribution in [2.45, 2.75) is 83.1 Å². The topological polar surface area (TPSA) is 6.48 Å². The summed E-state index contributed by atoms with van der Waals surface area (Å²) in [4.78, 5) is 4.95. The van der Waals surface area contributed by atoms with Crippen molar-refractivity contribution in [1.29, 1.82) is 0 Å². The second-order valence-corrected chi connectivity index (χ2v) is 17.6.